The van der Waals surface area contributed by atoms with E-state index in [0.29, 0.717) is 0 Å². The van der Waals surface area contributed by atoms with E-state index in [0.717, 1.165) is 4.68 Å². The number of rotatable bonds is 5. The maximum absolute atomic E-state index is 13.5. The summed E-state index contributed by atoms with van der Waals surface area (Å²) in [5.41, 5.74) is 0.132. The molecule has 0 bridgehead atoms. The van der Waals surface area contributed by atoms with Crippen LogP contribution >= 0.6 is 0 Å². The number of aromatic nitrogens is 4. The van der Waals surface area contributed by atoms with Crippen LogP contribution in [-0.2, 0) is 11.3 Å². The molecule has 15 heteroatoms. The van der Waals surface area contributed by atoms with Gasteiger partial charge in [-0.3, -0.25) is 9.59 Å². The minimum absolute atomic E-state index is 0.0424. The van der Waals surface area contributed by atoms with E-state index in [1.165, 1.54) is 47.6 Å². The van der Waals surface area contributed by atoms with Crippen molar-refractivity contribution in [2.45, 2.75) is 26.1 Å². The van der Waals surface area contributed by atoms with Gasteiger partial charge in [0.05, 0.1) is 11.8 Å². The average Bonchev–Trinajstić information content (AvgIpc) is 3.53. The Morgan fingerprint density at radius 3 is 2.29 bits per heavy atom. The highest BCUT2D eigenvalue weighted by molar-refractivity contribution is 5.94. The molecule has 1 N–H and O–H groups in total. The maximum Gasteiger partial charge on any atom is 0.586 e. The number of alkyl halides is 4. The molecule has 0 spiro atoms. The number of ether oxygens (including phenoxy) is 4. The van der Waals surface area contributed by atoms with E-state index in [1.807, 2.05) is 0 Å². The van der Waals surface area contributed by atoms with E-state index in [-0.39, 0.29) is 57.5 Å². The fourth-order valence-electron chi connectivity index (χ4n) is 4.20. The summed E-state index contributed by atoms with van der Waals surface area (Å²) in [5.74, 6) is -1.44. The van der Waals surface area contributed by atoms with Crippen LogP contribution in [-0.4, -0.2) is 44.8 Å². The largest absolute Gasteiger partial charge is 0.586 e. The van der Waals surface area contributed by atoms with Crippen LogP contribution in [0.2, 0.25) is 0 Å². The lowest BCUT2D eigenvalue weighted by atomic mass is 10.1. The number of nitrogens with one attached hydrogen (secondary N) is 1. The first-order valence-corrected chi connectivity index (χ1v) is 11.1. The van der Waals surface area contributed by atoms with E-state index in [2.05, 4.69) is 34.0 Å². The molecule has 2 aliphatic rings. The van der Waals surface area contributed by atoms with Crippen molar-refractivity contribution in [3.05, 3.63) is 53.1 Å². The third-order valence-corrected chi connectivity index (χ3v) is 5.81. The standard InChI is InChI=1S/C23H15F4N5O6/c1-2-31(12-4-6-14-16(8-12)38-23(26,27)36-14)17(33)9-32-21(34)20-19(28-10-29-20)18(30-32)11-3-5-13-15(7-11)37-22(24,25)35-13/h3-8,10H,2,9H2,1H3,(H,28,29). The number of benzene rings is 2. The lowest BCUT2D eigenvalue weighted by Gasteiger charge is -2.21. The van der Waals surface area contributed by atoms with Gasteiger partial charge in [0.25, 0.3) is 5.56 Å². The molecule has 11 nitrogen and oxygen atoms in total. The molecule has 0 radical (unpaired) electrons. The summed E-state index contributed by atoms with van der Waals surface area (Å²) in [4.78, 5) is 34.3. The molecule has 0 saturated carbocycles. The number of aromatic amines is 1. The van der Waals surface area contributed by atoms with Gasteiger partial charge in [-0.2, -0.15) is 5.10 Å². The molecule has 0 atom stereocenters. The van der Waals surface area contributed by atoms with Crippen molar-refractivity contribution in [2.24, 2.45) is 0 Å². The summed E-state index contributed by atoms with van der Waals surface area (Å²) in [5, 5.41) is 4.29. The molecule has 0 aliphatic carbocycles. The van der Waals surface area contributed by atoms with Gasteiger partial charge in [-0.25, -0.2) is 9.67 Å². The van der Waals surface area contributed by atoms with E-state index in [1.54, 1.807) is 6.92 Å². The fourth-order valence-corrected chi connectivity index (χ4v) is 4.20. The molecular formula is C23H15F4N5O6. The molecule has 196 valence electrons. The number of carbonyl (C=O) groups excluding carboxylic acids is 1. The van der Waals surface area contributed by atoms with Crippen LogP contribution in [0, 0.1) is 0 Å². The third-order valence-electron chi connectivity index (χ3n) is 5.81. The van der Waals surface area contributed by atoms with E-state index >= 15 is 0 Å². The number of hydrogen-bond acceptors (Lipinski definition) is 8. The van der Waals surface area contributed by atoms with Gasteiger partial charge in [-0.1, -0.05) is 0 Å². The van der Waals surface area contributed by atoms with Crippen molar-refractivity contribution < 1.29 is 41.3 Å². The van der Waals surface area contributed by atoms with Gasteiger partial charge in [-0.15, -0.1) is 17.6 Å². The molecule has 6 rings (SSSR count). The molecule has 4 heterocycles. The summed E-state index contributed by atoms with van der Waals surface area (Å²) in [6, 6.07) is 7.81. The van der Waals surface area contributed by atoms with E-state index in [4.69, 9.17) is 0 Å². The molecule has 2 aliphatic heterocycles. The second-order valence-electron chi connectivity index (χ2n) is 8.20. The van der Waals surface area contributed by atoms with Gasteiger partial charge in [0.1, 0.15) is 12.2 Å². The van der Waals surface area contributed by atoms with Gasteiger partial charge in [0, 0.05) is 23.9 Å². The molecule has 0 unspecified atom stereocenters. The number of H-pyrrole nitrogens is 1. The predicted octanol–water partition coefficient (Wildman–Crippen LogP) is 3.48. The van der Waals surface area contributed by atoms with E-state index in [9.17, 15) is 27.2 Å². The summed E-state index contributed by atoms with van der Waals surface area (Å²) in [6.45, 7) is 1.23. The Labute approximate surface area is 209 Å². The zero-order chi connectivity index (χ0) is 26.8. The summed E-state index contributed by atoms with van der Waals surface area (Å²) >= 11 is 0. The molecule has 0 fully saturated rings. The Kier molecular flexibility index (Phi) is 5.02. The number of likely N-dealkylation sites (N-methyl/N-ethyl adjacent to an activating group) is 1. The predicted molar refractivity (Wildman–Crippen MR) is 120 cm³/mol. The minimum atomic E-state index is -3.82. The first kappa shape index (κ1) is 23.6. The SMILES string of the molecule is CCN(C(=O)Cn1nc(-c2ccc3c(c2)OC(F)(F)O3)c2[nH]cnc2c1=O)c1ccc2c(c1)OC(F)(F)O2. The Hall–Kier alpha value is -4.82. The summed E-state index contributed by atoms with van der Waals surface area (Å²) < 4.78 is 72.4. The number of amides is 1. The van der Waals surface area contributed by atoms with Crippen molar-refractivity contribution >= 4 is 22.6 Å². The second-order valence-corrected chi connectivity index (χ2v) is 8.20. The average molecular weight is 533 g/mol. The highest BCUT2D eigenvalue weighted by Gasteiger charge is 2.44. The Bertz CT molecular complexity index is 1670. The highest BCUT2D eigenvalue weighted by Crippen LogP contribution is 2.44. The van der Waals surface area contributed by atoms with Gasteiger partial charge < -0.3 is 28.8 Å². The Balaban J connectivity index is 1.34. The molecule has 2 aromatic heterocycles. The van der Waals surface area contributed by atoms with E-state index < -0.39 is 30.6 Å². The minimum Gasteiger partial charge on any atom is -0.395 e. The van der Waals surface area contributed by atoms with Crippen LogP contribution in [0.25, 0.3) is 22.3 Å². The van der Waals surface area contributed by atoms with Crippen LogP contribution in [0.1, 0.15) is 6.92 Å². The third kappa shape index (κ3) is 3.91. The van der Waals surface area contributed by atoms with Crippen LogP contribution in [0.15, 0.2) is 47.5 Å². The zero-order valence-electron chi connectivity index (χ0n) is 19.2. The molecule has 1 amide bonds. The molecule has 0 saturated heterocycles. The van der Waals surface area contributed by atoms with Gasteiger partial charge in [0.15, 0.2) is 28.5 Å². The number of hydrogen-bond donors (Lipinski definition) is 1. The quantitative estimate of drug-likeness (QED) is 0.387. The van der Waals surface area contributed by atoms with Crippen LogP contribution < -0.4 is 29.4 Å². The molecule has 38 heavy (non-hydrogen) atoms. The monoisotopic (exact) mass is 533 g/mol. The van der Waals surface area contributed by atoms with Crippen molar-refractivity contribution in [3.63, 3.8) is 0 Å². The van der Waals surface area contributed by atoms with Gasteiger partial charge >= 0.3 is 12.6 Å². The number of imidazole rings is 1. The van der Waals surface area contributed by atoms with Gasteiger partial charge in [0.2, 0.25) is 5.91 Å². The molecular weight excluding hydrogens is 518 g/mol. The Morgan fingerprint density at radius 2 is 1.61 bits per heavy atom. The number of carbonyl (C=O) groups is 1. The second kappa shape index (κ2) is 8.09. The maximum atomic E-state index is 13.5. The van der Waals surface area contributed by atoms with Crippen LogP contribution in [0.4, 0.5) is 23.2 Å². The molecule has 2 aromatic carbocycles. The van der Waals surface area contributed by atoms with Gasteiger partial charge in [-0.05, 0) is 37.3 Å². The number of nitrogens with zero attached hydrogens (tertiary/aromatic N) is 4. The summed E-state index contributed by atoms with van der Waals surface area (Å²) in [7, 11) is 0. The zero-order valence-corrected chi connectivity index (χ0v) is 19.2. The first-order chi connectivity index (χ1) is 18.0. The Morgan fingerprint density at radius 1 is 0.974 bits per heavy atom. The van der Waals surface area contributed by atoms with Crippen molar-refractivity contribution in [2.75, 3.05) is 11.4 Å². The van der Waals surface area contributed by atoms with Crippen molar-refractivity contribution in [3.8, 4) is 34.3 Å². The summed E-state index contributed by atoms with van der Waals surface area (Å²) in [6.07, 6.45) is -6.39. The number of anilines is 1. The lowest BCUT2D eigenvalue weighted by Crippen LogP contribution is -2.37. The smallest absolute Gasteiger partial charge is 0.395 e. The van der Waals surface area contributed by atoms with Crippen molar-refractivity contribution in [1.82, 2.24) is 19.7 Å². The fraction of sp³-hybridized carbons (Fsp3) is 0.217. The lowest BCUT2D eigenvalue weighted by molar-refractivity contribution is -0.287. The highest BCUT2D eigenvalue weighted by atomic mass is 19.3. The first-order valence-electron chi connectivity index (χ1n) is 11.1. The topological polar surface area (TPSA) is 121 Å². The van der Waals surface area contributed by atoms with Crippen LogP contribution in [0.5, 0.6) is 23.0 Å². The normalized spacial score (nSPS) is 16.1. The number of halogens is 4. The van der Waals surface area contributed by atoms with Crippen molar-refractivity contribution in [1.29, 1.82) is 0 Å². The number of fused-ring (bicyclic) bond motifs is 3. The van der Waals surface area contributed by atoms with Crippen LogP contribution in [0.3, 0.4) is 0 Å². The molecule has 4 aromatic rings.